The van der Waals surface area contributed by atoms with Crippen LogP contribution in [-0.2, 0) is 0 Å². The third-order valence-corrected chi connectivity index (χ3v) is 4.36. The molecule has 0 heterocycles. The Kier molecular flexibility index (Phi) is 5.23. The first-order valence-corrected chi connectivity index (χ1v) is 8.40. The Balaban J connectivity index is 1.99. The topological polar surface area (TPSA) is 29.5 Å². The maximum absolute atomic E-state index is 10.3. The summed E-state index contributed by atoms with van der Waals surface area (Å²) in [6, 6.07) is 15.3. The quantitative estimate of drug-likeness (QED) is 0.804. The van der Waals surface area contributed by atoms with Gasteiger partial charge in [0.25, 0.3) is 0 Å². The van der Waals surface area contributed by atoms with E-state index in [2.05, 4.69) is 17.9 Å². The Morgan fingerprint density at radius 2 is 1.83 bits per heavy atom. The zero-order valence-corrected chi connectivity index (χ0v) is 14.0. The van der Waals surface area contributed by atoms with Gasteiger partial charge in [0.05, 0.1) is 13.0 Å². The van der Waals surface area contributed by atoms with Crippen LogP contribution in [0.25, 0.3) is 0 Å². The highest BCUT2D eigenvalue weighted by Gasteiger charge is 2.15. The minimum Gasteiger partial charge on any atom is -0.508 e. The summed E-state index contributed by atoms with van der Waals surface area (Å²) in [5, 5.41) is 10.3. The molecule has 24 heavy (non-hydrogen) atoms. The van der Waals surface area contributed by atoms with Crippen molar-refractivity contribution in [2.24, 2.45) is 0 Å². The van der Waals surface area contributed by atoms with E-state index in [1.54, 1.807) is 13.2 Å². The molecule has 0 saturated carbocycles. The van der Waals surface area contributed by atoms with E-state index >= 15 is 0 Å². The number of rotatable bonds is 3. The zero-order valence-electron chi connectivity index (χ0n) is 14.0. The highest BCUT2D eigenvalue weighted by Crippen LogP contribution is 2.32. The molecule has 0 radical (unpaired) electrons. The van der Waals surface area contributed by atoms with Gasteiger partial charge in [0.15, 0.2) is 0 Å². The SMILES string of the molecule is COc1ccc([C@@H](C#CC2=CCCCC2)c2ccccc2O)cc1. The van der Waals surface area contributed by atoms with Crippen LogP contribution >= 0.6 is 0 Å². The minimum atomic E-state index is -0.153. The monoisotopic (exact) mass is 318 g/mol. The number of para-hydroxylation sites is 1. The average Bonchev–Trinajstić information content (AvgIpc) is 2.64. The van der Waals surface area contributed by atoms with Gasteiger partial charge in [0.1, 0.15) is 11.5 Å². The van der Waals surface area contributed by atoms with Gasteiger partial charge in [-0.25, -0.2) is 0 Å². The summed E-state index contributed by atoms with van der Waals surface area (Å²) in [4.78, 5) is 0. The van der Waals surface area contributed by atoms with E-state index in [0.29, 0.717) is 0 Å². The summed E-state index contributed by atoms with van der Waals surface area (Å²) in [6.07, 6.45) is 6.89. The molecule has 0 spiro atoms. The van der Waals surface area contributed by atoms with Gasteiger partial charge >= 0.3 is 0 Å². The van der Waals surface area contributed by atoms with Crippen LogP contribution in [0.15, 0.2) is 60.2 Å². The Morgan fingerprint density at radius 3 is 2.50 bits per heavy atom. The maximum atomic E-state index is 10.3. The molecule has 2 aromatic rings. The number of methoxy groups -OCH3 is 1. The molecule has 2 heteroatoms. The lowest BCUT2D eigenvalue weighted by Gasteiger charge is -2.14. The summed E-state index contributed by atoms with van der Waals surface area (Å²) >= 11 is 0. The number of aromatic hydroxyl groups is 1. The number of phenolic OH excluding ortho intramolecular Hbond substituents is 1. The largest absolute Gasteiger partial charge is 0.508 e. The molecule has 0 bridgehead atoms. The number of ether oxygens (including phenoxy) is 1. The molecule has 0 aliphatic heterocycles. The van der Waals surface area contributed by atoms with Crippen LogP contribution in [0.2, 0.25) is 0 Å². The number of allylic oxidation sites excluding steroid dienone is 2. The Bertz CT molecular complexity index is 776. The minimum absolute atomic E-state index is 0.153. The fourth-order valence-corrected chi connectivity index (χ4v) is 2.99. The fraction of sp³-hybridized carbons (Fsp3) is 0.273. The van der Waals surface area contributed by atoms with E-state index in [0.717, 1.165) is 29.7 Å². The summed E-state index contributed by atoms with van der Waals surface area (Å²) in [6.45, 7) is 0. The van der Waals surface area contributed by atoms with Gasteiger partial charge in [-0.1, -0.05) is 48.2 Å². The number of benzene rings is 2. The van der Waals surface area contributed by atoms with Crippen molar-refractivity contribution in [3.63, 3.8) is 0 Å². The summed E-state index contributed by atoms with van der Waals surface area (Å²) in [7, 11) is 1.66. The van der Waals surface area contributed by atoms with E-state index < -0.39 is 0 Å². The molecule has 0 unspecified atom stereocenters. The molecule has 1 aliphatic carbocycles. The summed E-state index contributed by atoms with van der Waals surface area (Å²) in [5.74, 6) is 7.67. The van der Waals surface area contributed by atoms with Crippen molar-refractivity contribution >= 4 is 0 Å². The smallest absolute Gasteiger partial charge is 0.120 e. The van der Waals surface area contributed by atoms with Gasteiger partial charge in [-0.2, -0.15) is 0 Å². The van der Waals surface area contributed by atoms with E-state index in [9.17, 15) is 5.11 Å². The molecule has 2 nitrogen and oxygen atoms in total. The van der Waals surface area contributed by atoms with Crippen molar-refractivity contribution in [3.05, 3.63) is 71.3 Å². The average molecular weight is 318 g/mol. The predicted molar refractivity (Wildman–Crippen MR) is 97.3 cm³/mol. The van der Waals surface area contributed by atoms with Crippen LogP contribution in [0.3, 0.4) is 0 Å². The Labute approximate surface area is 143 Å². The molecule has 1 N–H and O–H groups in total. The molecule has 0 amide bonds. The van der Waals surface area contributed by atoms with Crippen molar-refractivity contribution in [1.29, 1.82) is 0 Å². The van der Waals surface area contributed by atoms with Crippen LogP contribution < -0.4 is 4.74 Å². The highest BCUT2D eigenvalue weighted by molar-refractivity contribution is 5.49. The summed E-state index contributed by atoms with van der Waals surface area (Å²) < 4.78 is 5.24. The lowest BCUT2D eigenvalue weighted by atomic mass is 9.90. The van der Waals surface area contributed by atoms with Crippen molar-refractivity contribution in [1.82, 2.24) is 0 Å². The van der Waals surface area contributed by atoms with Crippen LogP contribution in [0.4, 0.5) is 0 Å². The lowest BCUT2D eigenvalue weighted by molar-refractivity contribution is 0.414. The molecule has 0 aromatic heterocycles. The second-order valence-electron chi connectivity index (χ2n) is 6.01. The molecule has 2 aromatic carbocycles. The number of phenols is 1. The van der Waals surface area contributed by atoms with Gasteiger partial charge in [-0.15, -0.1) is 0 Å². The number of hydrogen-bond acceptors (Lipinski definition) is 2. The number of hydrogen-bond donors (Lipinski definition) is 1. The summed E-state index contributed by atoms with van der Waals surface area (Å²) in [5.41, 5.74) is 3.11. The predicted octanol–water partition coefficient (Wildman–Crippen LogP) is 5.04. The molecule has 1 aliphatic rings. The molecular formula is C22H22O2. The van der Waals surface area contributed by atoms with Crippen LogP contribution in [0.5, 0.6) is 11.5 Å². The van der Waals surface area contributed by atoms with Crippen molar-refractivity contribution in [3.8, 4) is 23.3 Å². The lowest BCUT2D eigenvalue weighted by Crippen LogP contribution is -2.00. The van der Waals surface area contributed by atoms with Gasteiger partial charge < -0.3 is 9.84 Å². The van der Waals surface area contributed by atoms with Gasteiger partial charge in [-0.3, -0.25) is 0 Å². The standard InChI is InChI=1S/C22H22O2/c1-24-19-14-12-18(13-15-19)20(21-9-5-6-10-22(21)23)16-11-17-7-3-2-4-8-17/h5-7,9-10,12-15,20,23H,2-4,8H2,1H3/t20-/m1/s1. The second-order valence-corrected chi connectivity index (χ2v) is 6.01. The molecule has 0 fully saturated rings. The van der Waals surface area contributed by atoms with Crippen LogP contribution in [-0.4, -0.2) is 12.2 Å². The third-order valence-electron chi connectivity index (χ3n) is 4.36. The van der Waals surface area contributed by atoms with Gasteiger partial charge in [-0.05, 0) is 55.0 Å². The van der Waals surface area contributed by atoms with E-state index in [-0.39, 0.29) is 11.7 Å². The first-order chi connectivity index (χ1) is 11.8. The Hall–Kier alpha value is -2.66. The van der Waals surface area contributed by atoms with Crippen molar-refractivity contribution in [2.75, 3.05) is 7.11 Å². The third kappa shape index (κ3) is 3.81. The van der Waals surface area contributed by atoms with Gasteiger partial charge in [0, 0.05) is 5.56 Å². The molecule has 1 atom stereocenters. The van der Waals surface area contributed by atoms with Crippen molar-refractivity contribution < 1.29 is 9.84 Å². The second kappa shape index (κ2) is 7.75. The van der Waals surface area contributed by atoms with Crippen molar-refractivity contribution in [2.45, 2.75) is 31.6 Å². The first kappa shape index (κ1) is 16.2. The Morgan fingerprint density at radius 1 is 1.04 bits per heavy atom. The first-order valence-electron chi connectivity index (χ1n) is 8.40. The zero-order chi connectivity index (χ0) is 16.8. The maximum Gasteiger partial charge on any atom is 0.120 e. The molecular weight excluding hydrogens is 296 g/mol. The molecule has 3 rings (SSSR count). The van der Waals surface area contributed by atoms with Gasteiger partial charge in [0.2, 0.25) is 0 Å². The van der Waals surface area contributed by atoms with Crippen LogP contribution in [0.1, 0.15) is 42.7 Å². The van der Waals surface area contributed by atoms with Crippen LogP contribution in [0, 0.1) is 11.8 Å². The highest BCUT2D eigenvalue weighted by atomic mass is 16.5. The molecule has 0 saturated heterocycles. The molecule has 122 valence electrons. The van der Waals surface area contributed by atoms with E-state index in [4.69, 9.17) is 4.74 Å². The normalized spacial score (nSPS) is 15.0. The fourth-order valence-electron chi connectivity index (χ4n) is 2.99. The van der Waals surface area contributed by atoms with E-state index in [1.807, 2.05) is 42.5 Å². The van der Waals surface area contributed by atoms with E-state index in [1.165, 1.54) is 18.4 Å².